The van der Waals surface area contributed by atoms with Crippen LogP contribution >= 0.6 is 0 Å². The van der Waals surface area contributed by atoms with Gasteiger partial charge < -0.3 is 19.1 Å². The monoisotopic (exact) mass is 342 g/mol. The van der Waals surface area contributed by atoms with E-state index in [-0.39, 0.29) is 5.91 Å². The van der Waals surface area contributed by atoms with Gasteiger partial charge in [0.15, 0.2) is 0 Å². The van der Waals surface area contributed by atoms with Crippen molar-refractivity contribution in [3.63, 3.8) is 0 Å². The number of carbonyl (C=O) groups is 1. The summed E-state index contributed by atoms with van der Waals surface area (Å²) in [4.78, 5) is 19.1. The van der Waals surface area contributed by atoms with Gasteiger partial charge in [0.05, 0.1) is 19.4 Å². The summed E-state index contributed by atoms with van der Waals surface area (Å²) in [7, 11) is 3.25. The van der Waals surface area contributed by atoms with E-state index in [2.05, 4.69) is 4.98 Å². The number of methoxy groups -OCH3 is 2. The number of carbonyl (C=O) groups excluding carboxylic acids is 1. The summed E-state index contributed by atoms with van der Waals surface area (Å²) in [6.07, 6.45) is 0.721. The molecule has 6 heteroatoms. The molecule has 3 rings (SSSR count). The first-order valence-electron chi connectivity index (χ1n) is 8.25. The van der Waals surface area contributed by atoms with Gasteiger partial charge >= 0.3 is 0 Å². The third-order valence-electron chi connectivity index (χ3n) is 4.18. The molecule has 0 bridgehead atoms. The number of nitrogens with zero attached hydrogens (tertiary/aromatic N) is 2. The molecule has 6 nitrogen and oxygen atoms in total. The fraction of sp³-hybridized carbons (Fsp3) is 0.368. The Balaban J connectivity index is 1.66. The van der Waals surface area contributed by atoms with Crippen molar-refractivity contribution in [3.05, 3.63) is 53.2 Å². The van der Waals surface area contributed by atoms with Crippen LogP contribution in [0.15, 0.2) is 36.4 Å². The molecule has 1 aliphatic rings. The molecule has 0 saturated carbocycles. The van der Waals surface area contributed by atoms with Crippen LogP contribution in [0.5, 0.6) is 11.6 Å². The average molecular weight is 342 g/mol. The largest absolute Gasteiger partial charge is 0.497 e. The SMILES string of the molecule is COCCOc1ccc2c(n1)CCN(C(=O)c1ccc(OC)cc1)C2. The van der Waals surface area contributed by atoms with Crippen LogP contribution in [0, 0.1) is 0 Å². The number of amides is 1. The number of pyridine rings is 1. The zero-order valence-corrected chi connectivity index (χ0v) is 14.5. The number of rotatable bonds is 6. The van der Waals surface area contributed by atoms with Gasteiger partial charge in [-0.25, -0.2) is 4.98 Å². The Morgan fingerprint density at radius 2 is 1.92 bits per heavy atom. The highest BCUT2D eigenvalue weighted by molar-refractivity contribution is 5.94. The molecule has 2 heterocycles. The summed E-state index contributed by atoms with van der Waals surface area (Å²) in [6.45, 7) is 2.21. The molecule has 1 amide bonds. The molecule has 0 aliphatic carbocycles. The maximum atomic E-state index is 12.7. The lowest BCUT2D eigenvalue weighted by Crippen LogP contribution is -2.36. The van der Waals surface area contributed by atoms with Crippen molar-refractivity contribution >= 4 is 5.91 Å². The highest BCUT2D eigenvalue weighted by Crippen LogP contribution is 2.22. The molecular formula is C19H22N2O4. The lowest BCUT2D eigenvalue weighted by molar-refractivity contribution is 0.0733. The molecule has 2 aromatic rings. The molecule has 0 saturated heterocycles. The molecule has 0 atom stereocenters. The van der Waals surface area contributed by atoms with E-state index < -0.39 is 0 Å². The molecule has 0 radical (unpaired) electrons. The van der Waals surface area contributed by atoms with Gasteiger partial charge in [-0.05, 0) is 29.8 Å². The number of hydrogen-bond donors (Lipinski definition) is 0. The summed E-state index contributed by atoms with van der Waals surface area (Å²) >= 11 is 0. The van der Waals surface area contributed by atoms with Crippen LogP contribution in [0.4, 0.5) is 0 Å². The lowest BCUT2D eigenvalue weighted by Gasteiger charge is -2.28. The van der Waals surface area contributed by atoms with Crippen molar-refractivity contribution < 1.29 is 19.0 Å². The average Bonchev–Trinajstić information content (AvgIpc) is 2.67. The van der Waals surface area contributed by atoms with Crippen molar-refractivity contribution in [1.82, 2.24) is 9.88 Å². The second-order valence-corrected chi connectivity index (χ2v) is 5.80. The number of fused-ring (bicyclic) bond motifs is 1. The second-order valence-electron chi connectivity index (χ2n) is 5.80. The van der Waals surface area contributed by atoms with Gasteiger partial charge in [-0.15, -0.1) is 0 Å². The number of benzene rings is 1. The fourth-order valence-corrected chi connectivity index (χ4v) is 2.80. The van der Waals surface area contributed by atoms with Crippen molar-refractivity contribution in [1.29, 1.82) is 0 Å². The summed E-state index contributed by atoms with van der Waals surface area (Å²) in [6, 6.07) is 11.0. The van der Waals surface area contributed by atoms with E-state index in [4.69, 9.17) is 14.2 Å². The zero-order chi connectivity index (χ0) is 17.6. The van der Waals surface area contributed by atoms with Gasteiger partial charge in [0, 0.05) is 38.2 Å². The lowest BCUT2D eigenvalue weighted by atomic mass is 10.0. The van der Waals surface area contributed by atoms with Gasteiger partial charge in [-0.3, -0.25) is 4.79 Å². The smallest absolute Gasteiger partial charge is 0.254 e. The zero-order valence-electron chi connectivity index (χ0n) is 14.5. The van der Waals surface area contributed by atoms with Gasteiger partial charge in [-0.2, -0.15) is 0 Å². The van der Waals surface area contributed by atoms with E-state index in [1.165, 1.54) is 0 Å². The maximum absolute atomic E-state index is 12.7. The van der Waals surface area contributed by atoms with Crippen molar-refractivity contribution in [2.75, 3.05) is 34.0 Å². The van der Waals surface area contributed by atoms with E-state index >= 15 is 0 Å². The number of ether oxygens (including phenoxy) is 3. The molecule has 25 heavy (non-hydrogen) atoms. The Bertz CT molecular complexity index is 731. The Morgan fingerprint density at radius 3 is 2.64 bits per heavy atom. The minimum absolute atomic E-state index is 0.0220. The Morgan fingerprint density at radius 1 is 1.12 bits per heavy atom. The molecule has 1 aromatic heterocycles. The van der Waals surface area contributed by atoms with Crippen molar-refractivity contribution in [2.24, 2.45) is 0 Å². The van der Waals surface area contributed by atoms with E-state index in [1.54, 1.807) is 38.5 Å². The molecule has 0 unspecified atom stereocenters. The normalized spacial score (nSPS) is 13.3. The number of hydrogen-bond acceptors (Lipinski definition) is 5. The minimum Gasteiger partial charge on any atom is -0.497 e. The summed E-state index contributed by atoms with van der Waals surface area (Å²) < 4.78 is 15.7. The number of aromatic nitrogens is 1. The van der Waals surface area contributed by atoms with E-state index in [0.29, 0.717) is 37.7 Å². The summed E-state index contributed by atoms with van der Waals surface area (Å²) in [5.74, 6) is 1.37. The summed E-state index contributed by atoms with van der Waals surface area (Å²) in [5.41, 5.74) is 2.72. The predicted molar refractivity (Wildman–Crippen MR) is 93.0 cm³/mol. The quantitative estimate of drug-likeness (QED) is 0.754. The van der Waals surface area contributed by atoms with Gasteiger partial charge in [0.1, 0.15) is 12.4 Å². The van der Waals surface area contributed by atoms with Crippen LogP contribution in [0.2, 0.25) is 0 Å². The highest BCUT2D eigenvalue weighted by Gasteiger charge is 2.23. The van der Waals surface area contributed by atoms with E-state index in [9.17, 15) is 4.79 Å². The minimum atomic E-state index is 0.0220. The fourth-order valence-electron chi connectivity index (χ4n) is 2.80. The van der Waals surface area contributed by atoms with Crippen molar-refractivity contribution in [2.45, 2.75) is 13.0 Å². The van der Waals surface area contributed by atoms with E-state index in [1.807, 2.05) is 17.0 Å². The van der Waals surface area contributed by atoms with Crippen LogP contribution in [0.25, 0.3) is 0 Å². The highest BCUT2D eigenvalue weighted by atomic mass is 16.5. The second kappa shape index (κ2) is 7.98. The van der Waals surface area contributed by atoms with Crippen LogP contribution in [-0.2, 0) is 17.7 Å². The summed E-state index contributed by atoms with van der Waals surface area (Å²) in [5, 5.41) is 0. The molecule has 0 N–H and O–H groups in total. The Kier molecular flexibility index (Phi) is 5.50. The third kappa shape index (κ3) is 4.09. The predicted octanol–water partition coefficient (Wildman–Crippen LogP) is 2.31. The first-order valence-corrected chi connectivity index (χ1v) is 8.25. The molecule has 1 aliphatic heterocycles. The van der Waals surface area contributed by atoms with Gasteiger partial charge in [0.25, 0.3) is 5.91 Å². The standard InChI is InChI=1S/C19H22N2O4/c1-23-11-12-25-18-8-5-15-13-21(10-9-17(15)20-18)19(22)14-3-6-16(24-2)7-4-14/h3-8H,9-13H2,1-2H3. The maximum Gasteiger partial charge on any atom is 0.254 e. The van der Waals surface area contributed by atoms with Crippen LogP contribution in [0.3, 0.4) is 0 Å². The third-order valence-corrected chi connectivity index (χ3v) is 4.18. The van der Waals surface area contributed by atoms with E-state index in [0.717, 1.165) is 23.4 Å². The topological polar surface area (TPSA) is 60.9 Å². The molecule has 1 aromatic carbocycles. The van der Waals surface area contributed by atoms with Gasteiger partial charge in [-0.1, -0.05) is 6.07 Å². The molecule has 132 valence electrons. The van der Waals surface area contributed by atoms with Crippen LogP contribution < -0.4 is 9.47 Å². The van der Waals surface area contributed by atoms with Crippen molar-refractivity contribution in [3.8, 4) is 11.6 Å². The molecule has 0 spiro atoms. The first-order chi connectivity index (χ1) is 12.2. The van der Waals surface area contributed by atoms with Gasteiger partial charge in [0.2, 0.25) is 5.88 Å². The Hall–Kier alpha value is -2.60. The Labute approximate surface area is 147 Å². The van der Waals surface area contributed by atoms with Crippen LogP contribution in [-0.4, -0.2) is 49.8 Å². The van der Waals surface area contributed by atoms with Crippen LogP contribution in [0.1, 0.15) is 21.6 Å². The molecular weight excluding hydrogens is 320 g/mol. The molecule has 0 fully saturated rings. The first kappa shape index (κ1) is 17.2.